The Morgan fingerprint density at radius 2 is 1.97 bits per heavy atom. The topological polar surface area (TPSA) is 135 Å². The van der Waals surface area contributed by atoms with E-state index in [0.29, 0.717) is 24.5 Å². The Labute approximate surface area is 166 Å². The number of anilines is 1. The molecule has 0 atom stereocenters. The normalized spacial score (nSPS) is 13.2. The van der Waals surface area contributed by atoms with E-state index in [2.05, 4.69) is 10.3 Å². The molecule has 0 unspecified atom stereocenters. The fourth-order valence-corrected chi connectivity index (χ4v) is 3.09. The largest absolute Gasteiger partial charge is 0.454 e. The van der Waals surface area contributed by atoms with Crippen molar-refractivity contribution in [3.8, 4) is 0 Å². The number of ketones is 1. The molecule has 152 valence electrons. The summed E-state index contributed by atoms with van der Waals surface area (Å²) < 4.78 is 5.03. The standard InChI is InChI=1S/C19H20N4O6/c1-20-15-5-4-13(23(27)28)9-14(15)19(26)29-11-17(24)12-8-16(21-10-12)18(25)22-6-2-3-7-22/h4-5,8-10,20-21H,2-3,6-7,11H2,1H3. The Kier molecular flexibility index (Phi) is 5.91. The predicted octanol–water partition coefficient (Wildman–Crippen LogP) is 2.24. The molecule has 10 heteroatoms. The Morgan fingerprint density at radius 1 is 1.24 bits per heavy atom. The van der Waals surface area contributed by atoms with Crippen LogP contribution in [0.15, 0.2) is 30.5 Å². The quantitative estimate of drug-likeness (QED) is 0.315. The molecule has 2 heterocycles. The molecule has 1 saturated heterocycles. The van der Waals surface area contributed by atoms with Crippen molar-refractivity contribution < 1.29 is 24.0 Å². The number of aromatic amines is 1. The van der Waals surface area contributed by atoms with Crippen molar-refractivity contribution in [1.29, 1.82) is 0 Å². The number of likely N-dealkylation sites (tertiary alicyclic amines) is 1. The number of aromatic nitrogens is 1. The summed E-state index contributed by atoms with van der Waals surface area (Å²) >= 11 is 0. The van der Waals surface area contributed by atoms with Crippen LogP contribution in [0.5, 0.6) is 0 Å². The minimum atomic E-state index is -0.865. The molecule has 29 heavy (non-hydrogen) atoms. The van der Waals surface area contributed by atoms with Gasteiger partial charge in [0.1, 0.15) is 5.69 Å². The number of hydrogen-bond acceptors (Lipinski definition) is 7. The molecule has 0 saturated carbocycles. The third-order valence-electron chi connectivity index (χ3n) is 4.67. The van der Waals surface area contributed by atoms with Crippen molar-refractivity contribution in [3.63, 3.8) is 0 Å². The van der Waals surface area contributed by atoms with E-state index >= 15 is 0 Å². The van der Waals surface area contributed by atoms with Crippen LogP contribution in [0.25, 0.3) is 0 Å². The van der Waals surface area contributed by atoms with Gasteiger partial charge in [-0.1, -0.05) is 0 Å². The maximum Gasteiger partial charge on any atom is 0.340 e. The Bertz CT molecular complexity index is 961. The SMILES string of the molecule is CNc1ccc([N+](=O)[O-])cc1C(=O)OCC(=O)c1c[nH]c(C(=O)N2CCCC2)c1. The van der Waals surface area contributed by atoms with Gasteiger partial charge in [-0.25, -0.2) is 4.79 Å². The van der Waals surface area contributed by atoms with E-state index in [1.54, 1.807) is 11.9 Å². The van der Waals surface area contributed by atoms with Crippen LogP contribution in [-0.2, 0) is 4.74 Å². The first-order valence-electron chi connectivity index (χ1n) is 9.05. The zero-order chi connectivity index (χ0) is 21.0. The lowest BCUT2D eigenvalue weighted by Gasteiger charge is -2.13. The number of carbonyl (C=O) groups is 3. The van der Waals surface area contributed by atoms with Crippen LogP contribution in [0.1, 0.15) is 44.0 Å². The first-order valence-corrected chi connectivity index (χ1v) is 9.05. The van der Waals surface area contributed by atoms with Crippen LogP contribution in [0.2, 0.25) is 0 Å². The summed E-state index contributed by atoms with van der Waals surface area (Å²) in [6.07, 6.45) is 3.31. The first-order chi connectivity index (χ1) is 13.9. The summed E-state index contributed by atoms with van der Waals surface area (Å²) in [6, 6.07) is 5.16. The highest BCUT2D eigenvalue weighted by Gasteiger charge is 2.23. The number of ether oxygens (including phenoxy) is 1. The van der Waals surface area contributed by atoms with E-state index in [4.69, 9.17) is 4.74 Å². The molecule has 1 aromatic heterocycles. The number of benzene rings is 1. The smallest absolute Gasteiger partial charge is 0.340 e. The number of amides is 1. The zero-order valence-corrected chi connectivity index (χ0v) is 15.8. The van der Waals surface area contributed by atoms with Crippen LogP contribution < -0.4 is 5.32 Å². The average molecular weight is 400 g/mol. The molecule has 1 fully saturated rings. The van der Waals surface area contributed by atoms with Crippen molar-refractivity contribution in [3.05, 3.63) is 57.4 Å². The molecular formula is C19H20N4O6. The van der Waals surface area contributed by atoms with Gasteiger partial charge in [-0.05, 0) is 25.0 Å². The number of nitro groups is 1. The van der Waals surface area contributed by atoms with E-state index in [1.165, 1.54) is 24.4 Å². The van der Waals surface area contributed by atoms with E-state index in [0.717, 1.165) is 18.9 Å². The Morgan fingerprint density at radius 3 is 2.62 bits per heavy atom. The van der Waals surface area contributed by atoms with Crippen molar-refractivity contribution in [2.75, 3.05) is 32.1 Å². The number of hydrogen-bond donors (Lipinski definition) is 2. The second-order valence-corrected chi connectivity index (χ2v) is 6.54. The minimum Gasteiger partial charge on any atom is -0.454 e. The van der Waals surface area contributed by atoms with Gasteiger partial charge in [0.05, 0.1) is 10.5 Å². The van der Waals surface area contributed by atoms with E-state index in [9.17, 15) is 24.5 Å². The monoisotopic (exact) mass is 400 g/mol. The van der Waals surface area contributed by atoms with Crippen LogP contribution >= 0.6 is 0 Å². The fraction of sp³-hybridized carbons (Fsp3) is 0.316. The average Bonchev–Trinajstić information content (AvgIpc) is 3.43. The first kappa shape index (κ1) is 20.1. The number of H-pyrrole nitrogens is 1. The molecular weight excluding hydrogens is 380 g/mol. The lowest BCUT2D eigenvalue weighted by atomic mass is 10.1. The molecule has 0 spiro atoms. The van der Waals surface area contributed by atoms with Gasteiger partial charge in [-0.2, -0.15) is 0 Å². The van der Waals surface area contributed by atoms with Crippen LogP contribution in [0.4, 0.5) is 11.4 Å². The molecule has 0 bridgehead atoms. The van der Waals surface area contributed by atoms with Crippen molar-refractivity contribution >= 4 is 29.0 Å². The Hall–Kier alpha value is -3.69. The summed E-state index contributed by atoms with van der Waals surface area (Å²) in [5, 5.41) is 13.7. The lowest BCUT2D eigenvalue weighted by Crippen LogP contribution is -2.27. The second kappa shape index (κ2) is 8.55. The minimum absolute atomic E-state index is 0.0477. The predicted molar refractivity (Wildman–Crippen MR) is 103 cm³/mol. The van der Waals surface area contributed by atoms with Crippen LogP contribution in [-0.4, -0.2) is 59.2 Å². The number of esters is 1. The molecule has 3 rings (SSSR count). The maximum absolute atomic E-state index is 12.3. The van der Waals surface area contributed by atoms with Gasteiger partial charge in [0, 0.05) is 49.7 Å². The van der Waals surface area contributed by atoms with Crippen molar-refractivity contribution in [2.45, 2.75) is 12.8 Å². The van der Waals surface area contributed by atoms with Crippen LogP contribution in [0, 0.1) is 10.1 Å². The van der Waals surface area contributed by atoms with Gasteiger partial charge in [0.15, 0.2) is 6.61 Å². The summed E-state index contributed by atoms with van der Waals surface area (Å²) in [6.45, 7) is 0.825. The highest BCUT2D eigenvalue weighted by atomic mass is 16.6. The number of nitro benzene ring substituents is 1. The number of non-ortho nitro benzene ring substituents is 1. The maximum atomic E-state index is 12.3. The molecule has 10 nitrogen and oxygen atoms in total. The molecule has 2 N–H and O–H groups in total. The molecule has 1 aliphatic heterocycles. The fourth-order valence-electron chi connectivity index (χ4n) is 3.09. The van der Waals surface area contributed by atoms with Crippen LogP contribution in [0.3, 0.4) is 0 Å². The molecule has 2 aromatic rings. The van der Waals surface area contributed by atoms with Gasteiger partial charge in [0.25, 0.3) is 11.6 Å². The van der Waals surface area contributed by atoms with Gasteiger partial charge >= 0.3 is 5.97 Å². The number of nitrogens with zero attached hydrogens (tertiary/aromatic N) is 2. The van der Waals surface area contributed by atoms with Gasteiger partial charge in [-0.3, -0.25) is 19.7 Å². The summed E-state index contributed by atoms with van der Waals surface area (Å²) in [5.41, 5.74) is 0.547. The molecule has 0 radical (unpaired) electrons. The van der Waals surface area contributed by atoms with Gasteiger partial charge in [-0.15, -0.1) is 0 Å². The second-order valence-electron chi connectivity index (χ2n) is 6.54. The lowest BCUT2D eigenvalue weighted by molar-refractivity contribution is -0.384. The summed E-state index contributed by atoms with van der Waals surface area (Å²) in [5.74, 6) is -1.53. The summed E-state index contributed by atoms with van der Waals surface area (Å²) in [4.78, 5) is 51.8. The molecule has 0 aliphatic carbocycles. The van der Waals surface area contributed by atoms with Crippen molar-refractivity contribution in [1.82, 2.24) is 9.88 Å². The number of rotatable bonds is 7. The number of Topliss-reactive ketones (excluding diaryl/α,β-unsaturated/α-hetero) is 1. The van der Waals surface area contributed by atoms with E-state index in [1.807, 2.05) is 0 Å². The molecule has 1 aromatic carbocycles. The Balaban J connectivity index is 1.65. The highest BCUT2D eigenvalue weighted by Crippen LogP contribution is 2.23. The summed E-state index contributed by atoms with van der Waals surface area (Å²) in [7, 11) is 1.56. The van der Waals surface area contributed by atoms with E-state index < -0.39 is 23.3 Å². The van der Waals surface area contributed by atoms with Gasteiger partial charge in [0.2, 0.25) is 5.78 Å². The number of carbonyl (C=O) groups excluding carboxylic acids is 3. The highest BCUT2D eigenvalue weighted by molar-refractivity contribution is 6.03. The third kappa shape index (κ3) is 4.42. The zero-order valence-electron chi connectivity index (χ0n) is 15.8. The van der Waals surface area contributed by atoms with Crippen molar-refractivity contribution in [2.24, 2.45) is 0 Å². The molecule has 1 amide bonds. The van der Waals surface area contributed by atoms with Gasteiger partial charge < -0.3 is 19.9 Å². The third-order valence-corrected chi connectivity index (χ3v) is 4.67. The molecule has 1 aliphatic rings. The number of nitrogens with one attached hydrogen (secondary N) is 2. The van der Waals surface area contributed by atoms with E-state index in [-0.39, 0.29) is 22.7 Å².